The van der Waals surface area contributed by atoms with Crippen molar-refractivity contribution in [3.05, 3.63) is 35.4 Å². The van der Waals surface area contributed by atoms with Crippen LogP contribution in [0.5, 0.6) is 0 Å². The molecule has 2 rings (SSSR count). The third kappa shape index (κ3) is 3.73. The summed E-state index contributed by atoms with van der Waals surface area (Å²) in [5.41, 5.74) is 2.32. The van der Waals surface area contributed by atoms with Crippen molar-refractivity contribution >= 4 is 6.03 Å². The van der Waals surface area contributed by atoms with E-state index in [4.69, 9.17) is 0 Å². The highest BCUT2D eigenvalue weighted by molar-refractivity contribution is 5.73. The maximum Gasteiger partial charge on any atom is 0.317 e. The second kappa shape index (κ2) is 6.75. The maximum atomic E-state index is 12.1. The van der Waals surface area contributed by atoms with Crippen molar-refractivity contribution < 1.29 is 9.90 Å². The average Bonchev–Trinajstić information content (AvgIpc) is 2.83. The third-order valence-electron chi connectivity index (χ3n) is 4.17. The van der Waals surface area contributed by atoms with Gasteiger partial charge in [0.15, 0.2) is 0 Å². The zero-order chi connectivity index (χ0) is 14.5. The molecule has 1 saturated carbocycles. The van der Waals surface area contributed by atoms with E-state index in [1.54, 1.807) is 11.9 Å². The number of nitrogens with zero attached hydrogens (tertiary/aromatic N) is 1. The second-order valence-corrected chi connectivity index (χ2v) is 5.72. The van der Waals surface area contributed by atoms with Gasteiger partial charge in [0.25, 0.3) is 0 Å². The van der Waals surface area contributed by atoms with E-state index in [0.717, 1.165) is 24.8 Å². The summed E-state index contributed by atoms with van der Waals surface area (Å²) in [7, 11) is 1.79. The Labute approximate surface area is 120 Å². The molecule has 4 nitrogen and oxygen atoms in total. The first-order valence-electron chi connectivity index (χ1n) is 7.29. The number of hydrogen-bond acceptors (Lipinski definition) is 2. The molecule has 1 aromatic rings. The number of amides is 2. The fraction of sp³-hybridized carbons (Fsp3) is 0.562. The van der Waals surface area contributed by atoms with Crippen LogP contribution in [-0.2, 0) is 6.54 Å². The Hall–Kier alpha value is -1.55. The number of nitrogens with one attached hydrogen (secondary N) is 1. The molecular weight excluding hydrogens is 252 g/mol. The van der Waals surface area contributed by atoms with Gasteiger partial charge in [-0.25, -0.2) is 4.79 Å². The summed E-state index contributed by atoms with van der Waals surface area (Å²) in [5.74, 6) is 0.226. The lowest BCUT2D eigenvalue weighted by atomic mass is 10.1. The van der Waals surface area contributed by atoms with Gasteiger partial charge in [-0.15, -0.1) is 0 Å². The number of carbonyl (C=O) groups excluding carboxylic acids is 1. The van der Waals surface area contributed by atoms with Crippen molar-refractivity contribution in [1.82, 2.24) is 10.2 Å². The first-order valence-corrected chi connectivity index (χ1v) is 7.29. The molecule has 0 heterocycles. The van der Waals surface area contributed by atoms with E-state index >= 15 is 0 Å². The smallest absolute Gasteiger partial charge is 0.317 e. The molecule has 2 amide bonds. The Balaban J connectivity index is 1.81. The maximum absolute atomic E-state index is 12.1. The lowest BCUT2D eigenvalue weighted by molar-refractivity contribution is 0.114. The van der Waals surface area contributed by atoms with Gasteiger partial charge < -0.3 is 15.3 Å². The van der Waals surface area contributed by atoms with Crippen LogP contribution in [0.2, 0.25) is 0 Å². The molecule has 1 aromatic carbocycles. The standard InChI is InChI=1S/C16H24N2O2/c1-12-6-3-4-7-13(12)10-17-16(20)18(2)11-14-8-5-9-15(14)19/h3-4,6-7,14-15,19H,5,8-11H2,1-2H3,(H,17,20). The Morgan fingerprint density at radius 3 is 2.80 bits per heavy atom. The van der Waals surface area contributed by atoms with E-state index in [-0.39, 0.29) is 18.1 Å². The molecule has 0 aliphatic heterocycles. The van der Waals surface area contributed by atoms with Crippen molar-refractivity contribution in [3.8, 4) is 0 Å². The van der Waals surface area contributed by atoms with Crippen molar-refractivity contribution in [1.29, 1.82) is 0 Å². The Bertz CT molecular complexity index is 462. The summed E-state index contributed by atoms with van der Waals surface area (Å²) in [5, 5.41) is 12.7. The summed E-state index contributed by atoms with van der Waals surface area (Å²) in [6.07, 6.45) is 2.69. The molecule has 0 bridgehead atoms. The van der Waals surface area contributed by atoms with Gasteiger partial charge >= 0.3 is 6.03 Å². The third-order valence-corrected chi connectivity index (χ3v) is 4.17. The zero-order valence-electron chi connectivity index (χ0n) is 12.3. The van der Waals surface area contributed by atoms with E-state index in [1.807, 2.05) is 31.2 Å². The normalized spacial score (nSPS) is 21.8. The van der Waals surface area contributed by atoms with Crippen LogP contribution < -0.4 is 5.32 Å². The monoisotopic (exact) mass is 276 g/mol. The minimum absolute atomic E-state index is 0.0765. The lowest BCUT2D eigenvalue weighted by Crippen LogP contribution is -2.40. The van der Waals surface area contributed by atoms with E-state index in [0.29, 0.717) is 13.1 Å². The van der Waals surface area contributed by atoms with Crippen LogP contribution in [-0.4, -0.2) is 35.7 Å². The summed E-state index contributed by atoms with van der Waals surface area (Å²) >= 11 is 0. The molecule has 1 aliphatic rings. The predicted octanol–water partition coefficient (Wildman–Crippen LogP) is 2.30. The molecule has 0 saturated heterocycles. The predicted molar refractivity (Wildman–Crippen MR) is 79.4 cm³/mol. The minimum Gasteiger partial charge on any atom is -0.393 e. The van der Waals surface area contributed by atoms with Gasteiger partial charge in [-0.3, -0.25) is 0 Å². The number of hydrogen-bond donors (Lipinski definition) is 2. The summed E-state index contributed by atoms with van der Waals surface area (Å²) < 4.78 is 0. The van der Waals surface area contributed by atoms with Gasteiger partial charge in [-0.1, -0.05) is 30.7 Å². The van der Waals surface area contributed by atoms with Crippen molar-refractivity contribution in [2.75, 3.05) is 13.6 Å². The number of aliphatic hydroxyl groups is 1. The second-order valence-electron chi connectivity index (χ2n) is 5.72. The molecule has 1 fully saturated rings. The van der Waals surface area contributed by atoms with Gasteiger partial charge in [-0.2, -0.15) is 0 Å². The van der Waals surface area contributed by atoms with Gasteiger partial charge in [0.05, 0.1) is 6.10 Å². The minimum atomic E-state index is -0.249. The van der Waals surface area contributed by atoms with Crippen molar-refractivity contribution in [2.45, 2.75) is 38.8 Å². The van der Waals surface area contributed by atoms with Crippen LogP contribution in [0.3, 0.4) is 0 Å². The highest BCUT2D eigenvalue weighted by atomic mass is 16.3. The van der Waals surface area contributed by atoms with Crippen LogP contribution in [0.15, 0.2) is 24.3 Å². The highest BCUT2D eigenvalue weighted by Crippen LogP contribution is 2.25. The average molecular weight is 276 g/mol. The van der Waals surface area contributed by atoms with Crippen LogP contribution >= 0.6 is 0 Å². The van der Waals surface area contributed by atoms with E-state index < -0.39 is 0 Å². The zero-order valence-corrected chi connectivity index (χ0v) is 12.3. The molecule has 2 atom stereocenters. The number of aryl methyl sites for hydroxylation is 1. The molecule has 20 heavy (non-hydrogen) atoms. The van der Waals surface area contributed by atoms with Crippen LogP contribution in [0.1, 0.15) is 30.4 Å². The Kier molecular flexibility index (Phi) is 5.01. The molecule has 2 N–H and O–H groups in total. The summed E-state index contributed by atoms with van der Waals surface area (Å²) in [4.78, 5) is 13.7. The van der Waals surface area contributed by atoms with Gasteiger partial charge in [0, 0.05) is 26.1 Å². The molecule has 2 unspecified atom stereocenters. The van der Waals surface area contributed by atoms with E-state index in [9.17, 15) is 9.90 Å². The van der Waals surface area contributed by atoms with E-state index in [1.165, 1.54) is 5.56 Å². The quantitative estimate of drug-likeness (QED) is 0.886. The molecular formula is C16H24N2O2. The van der Waals surface area contributed by atoms with Crippen molar-refractivity contribution in [3.63, 3.8) is 0 Å². The largest absolute Gasteiger partial charge is 0.393 e. The molecule has 4 heteroatoms. The fourth-order valence-corrected chi connectivity index (χ4v) is 2.78. The van der Waals surface area contributed by atoms with Gasteiger partial charge in [0.1, 0.15) is 0 Å². The molecule has 0 spiro atoms. The van der Waals surface area contributed by atoms with Gasteiger partial charge in [0.2, 0.25) is 0 Å². The fourth-order valence-electron chi connectivity index (χ4n) is 2.78. The Morgan fingerprint density at radius 2 is 2.15 bits per heavy atom. The highest BCUT2D eigenvalue weighted by Gasteiger charge is 2.27. The molecule has 1 aliphatic carbocycles. The number of rotatable bonds is 4. The summed E-state index contributed by atoms with van der Waals surface area (Å²) in [6, 6.07) is 7.96. The Morgan fingerprint density at radius 1 is 1.40 bits per heavy atom. The first kappa shape index (κ1) is 14.9. The topological polar surface area (TPSA) is 52.6 Å². The SMILES string of the molecule is Cc1ccccc1CNC(=O)N(C)CC1CCCC1O. The van der Waals surface area contributed by atoms with E-state index in [2.05, 4.69) is 5.32 Å². The summed E-state index contributed by atoms with van der Waals surface area (Å²) in [6.45, 7) is 3.21. The number of aliphatic hydroxyl groups excluding tert-OH is 1. The molecule has 110 valence electrons. The van der Waals surface area contributed by atoms with Crippen LogP contribution in [0, 0.1) is 12.8 Å². The van der Waals surface area contributed by atoms with Crippen LogP contribution in [0.25, 0.3) is 0 Å². The molecule has 0 aromatic heterocycles. The lowest BCUT2D eigenvalue weighted by Gasteiger charge is -2.23. The number of benzene rings is 1. The number of urea groups is 1. The van der Waals surface area contributed by atoms with Crippen molar-refractivity contribution in [2.24, 2.45) is 5.92 Å². The number of carbonyl (C=O) groups is 1. The van der Waals surface area contributed by atoms with Crippen LogP contribution in [0.4, 0.5) is 4.79 Å². The molecule has 0 radical (unpaired) electrons. The first-order chi connectivity index (χ1) is 9.58. The van der Waals surface area contributed by atoms with Gasteiger partial charge in [-0.05, 0) is 30.9 Å².